The van der Waals surface area contributed by atoms with Gasteiger partial charge < -0.3 is 10.1 Å². The van der Waals surface area contributed by atoms with Crippen LogP contribution in [0.1, 0.15) is 42.3 Å². The molecule has 1 aliphatic rings. The van der Waals surface area contributed by atoms with Crippen LogP contribution in [0.15, 0.2) is 48.5 Å². The van der Waals surface area contributed by atoms with Crippen LogP contribution in [-0.4, -0.2) is 17.5 Å². The van der Waals surface area contributed by atoms with Gasteiger partial charge in [-0.3, -0.25) is 4.79 Å². The van der Waals surface area contributed by atoms with E-state index in [0.29, 0.717) is 13.0 Å². The molecule has 1 unspecified atom stereocenters. The number of aryl methyl sites for hydroxylation is 1. The maximum Gasteiger partial charge on any atom is 0.220 e. The molecule has 4 nitrogen and oxygen atoms in total. The summed E-state index contributed by atoms with van der Waals surface area (Å²) in [6, 6.07) is 16.2. The number of benzene rings is 2. The lowest BCUT2D eigenvalue weighted by atomic mass is 10.0. The summed E-state index contributed by atoms with van der Waals surface area (Å²) in [6.45, 7) is 0.652. The van der Waals surface area contributed by atoms with Crippen LogP contribution in [-0.2, 0) is 11.2 Å². The summed E-state index contributed by atoms with van der Waals surface area (Å²) in [5, 5.41) is 4.32. The first kappa shape index (κ1) is 17.0. The predicted molar refractivity (Wildman–Crippen MR) is 105 cm³/mol. The monoisotopic (exact) mass is 366 g/mol. The van der Waals surface area contributed by atoms with Crippen molar-refractivity contribution in [2.24, 2.45) is 0 Å². The number of amides is 1. The van der Waals surface area contributed by atoms with Gasteiger partial charge in [-0.15, -0.1) is 11.3 Å². The van der Waals surface area contributed by atoms with E-state index in [1.165, 1.54) is 4.70 Å². The van der Waals surface area contributed by atoms with E-state index in [0.717, 1.165) is 47.5 Å². The summed E-state index contributed by atoms with van der Waals surface area (Å²) in [5.41, 5.74) is 2.16. The molecule has 1 aliphatic heterocycles. The van der Waals surface area contributed by atoms with E-state index in [-0.39, 0.29) is 11.9 Å². The van der Waals surface area contributed by atoms with Crippen molar-refractivity contribution in [3.63, 3.8) is 0 Å². The minimum atomic E-state index is 0.0664. The molecule has 0 aliphatic carbocycles. The van der Waals surface area contributed by atoms with Crippen LogP contribution in [0.2, 0.25) is 0 Å². The molecule has 2 aromatic carbocycles. The number of thiazole rings is 1. The number of carbonyl (C=O) groups excluding carboxylic acids is 1. The highest BCUT2D eigenvalue weighted by Gasteiger charge is 2.22. The number of hydrogen-bond acceptors (Lipinski definition) is 4. The lowest BCUT2D eigenvalue weighted by molar-refractivity contribution is -0.122. The fourth-order valence-electron chi connectivity index (χ4n) is 3.35. The number of para-hydroxylation sites is 2. The molecule has 0 saturated heterocycles. The highest BCUT2D eigenvalue weighted by atomic mass is 32.1. The maximum absolute atomic E-state index is 12.3. The Balaban J connectivity index is 1.24. The number of carbonyl (C=O) groups is 1. The van der Waals surface area contributed by atoms with E-state index in [9.17, 15) is 4.79 Å². The van der Waals surface area contributed by atoms with Gasteiger partial charge in [0.1, 0.15) is 5.75 Å². The molecule has 5 heteroatoms. The Bertz CT molecular complexity index is 873. The molecule has 0 saturated carbocycles. The van der Waals surface area contributed by atoms with Crippen molar-refractivity contribution in [1.82, 2.24) is 10.3 Å². The highest BCUT2D eigenvalue weighted by Crippen LogP contribution is 2.31. The molecule has 134 valence electrons. The van der Waals surface area contributed by atoms with Gasteiger partial charge in [0.2, 0.25) is 5.91 Å². The number of unbranched alkanes of at least 4 members (excludes halogenated alkanes) is 1. The first-order valence-electron chi connectivity index (χ1n) is 9.15. The van der Waals surface area contributed by atoms with Crippen LogP contribution in [0.5, 0.6) is 5.75 Å². The Labute approximate surface area is 157 Å². The number of nitrogens with one attached hydrogen (secondary N) is 1. The van der Waals surface area contributed by atoms with Gasteiger partial charge in [0.15, 0.2) is 0 Å². The van der Waals surface area contributed by atoms with Crippen LogP contribution in [0.3, 0.4) is 0 Å². The zero-order chi connectivity index (χ0) is 17.8. The lowest BCUT2D eigenvalue weighted by Crippen LogP contribution is -2.31. The SMILES string of the molecule is O=C(CCCCc1nc2ccccc2s1)NC1CCOc2ccccc21. The highest BCUT2D eigenvalue weighted by molar-refractivity contribution is 7.18. The van der Waals surface area contributed by atoms with Crippen LogP contribution in [0.4, 0.5) is 0 Å². The number of ether oxygens (including phenoxy) is 1. The van der Waals surface area contributed by atoms with E-state index < -0.39 is 0 Å². The van der Waals surface area contributed by atoms with Crippen molar-refractivity contribution in [2.45, 2.75) is 38.1 Å². The van der Waals surface area contributed by atoms with Crippen molar-refractivity contribution in [2.75, 3.05) is 6.61 Å². The fraction of sp³-hybridized carbons (Fsp3) is 0.333. The van der Waals surface area contributed by atoms with Crippen LogP contribution < -0.4 is 10.1 Å². The van der Waals surface area contributed by atoms with Crippen LogP contribution in [0, 0.1) is 0 Å². The first-order valence-corrected chi connectivity index (χ1v) is 9.97. The topological polar surface area (TPSA) is 51.2 Å². The maximum atomic E-state index is 12.3. The Morgan fingerprint density at radius 3 is 2.92 bits per heavy atom. The third-order valence-electron chi connectivity index (χ3n) is 4.68. The molecule has 3 aromatic rings. The summed E-state index contributed by atoms with van der Waals surface area (Å²) in [5.74, 6) is 1.01. The average molecular weight is 366 g/mol. The van der Waals surface area contributed by atoms with Gasteiger partial charge in [-0.2, -0.15) is 0 Å². The molecule has 0 bridgehead atoms. The number of rotatable bonds is 6. The standard InChI is InChI=1S/C21H22N2O2S/c24-20(22-16-13-14-25-18-9-3-1-7-15(16)18)11-5-6-12-21-23-17-8-2-4-10-19(17)26-21/h1-4,7-10,16H,5-6,11-14H2,(H,22,24). The minimum Gasteiger partial charge on any atom is -0.493 e. The second-order valence-electron chi connectivity index (χ2n) is 6.58. The van der Waals surface area contributed by atoms with Crippen molar-refractivity contribution in [1.29, 1.82) is 0 Å². The van der Waals surface area contributed by atoms with E-state index in [1.807, 2.05) is 36.4 Å². The second kappa shape index (κ2) is 7.87. The number of nitrogens with zero attached hydrogens (tertiary/aromatic N) is 1. The number of aromatic nitrogens is 1. The van der Waals surface area contributed by atoms with Crippen molar-refractivity contribution in [3.05, 3.63) is 59.1 Å². The molecule has 1 N–H and O–H groups in total. The summed E-state index contributed by atoms with van der Waals surface area (Å²) in [4.78, 5) is 17.0. The van der Waals surface area contributed by atoms with Gasteiger partial charge in [0.05, 0.1) is 27.9 Å². The lowest BCUT2D eigenvalue weighted by Gasteiger charge is -2.26. The van der Waals surface area contributed by atoms with Gasteiger partial charge in [-0.1, -0.05) is 30.3 Å². The molecule has 4 rings (SSSR count). The largest absolute Gasteiger partial charge is 0.493 e. The summed E-state index contributed by atoms with van der Waals surface area (Å²) in [6.07, 6.45) is 4.19. The average Bonchev–Trinajstić information content (AvgIpc) is 3.08. The summed E-state index contributed by atoms with van der Waals surface area (Å²) < 4.78 is 6.89. The van der Waals surface area contributed by atoms with Crippen LogP contribution >= 0.6 is 11.3 Å². The molecule has 0 spiro atoms. The Morgan fingerprint density at radius 1 is 1.15 bits per heavy atom. The van der Waals surface area contributed by atoms with E-state index >= 15 is 0 Å². The van der Waals surface area contributed by atoms with Crippen molar-refractivity contribution < 1.29 is 9.53 Å². The van der Waals surface area contributed by atoms with Crippen LogP contribution in [0.25, 0.3) is 10.2 Å². The normalized spacial score (nSPS) is 16.1. The van der Waals surface area contributed by atoms with Gasteiger partial charge in [0, 0.05) is 18.4 Å². The first-order chi connectivity index (χ1) is 12.8. The predicted octanol–water partition coefficient (Wildman–Crippen LogP) is 4.65. The molecule has 1 atom stereocenters. The van der Waals surface area contributed by atoms with Gasteiger partial charge in [-0.05, 0) is 37.5 Å². The van der Waals surface area contributed by atoms with Gasteiger partial charge in [-0.25, -0.2) is 4.98 Å². The molecule has 1 aromatic heterocycles. The molecular formula is C21H22N2O2S. The quantitative estimate of drug-likeness (QED) is 0.646. The molecule has 26 heavy (non-hydrogen) atoms. The summed E-state index contributed by atoms with van der Waals surface area (Å²) in [7, 11) is 0. The second-order valence-corrected chi connectivity index (χ2v) is 7.69. The molecule has 2 heterocycles. The molecular weight excluding hydrogens is 344 g/mol. The molecule has 0 fully saturated rings. The number of hydrogen-bond donors (Lipinski definition) is 1. The Kier molecular flexibility index (Phi) is 5.16. The third-order valence-corrected chi connectivity index (χ3v) is 5.77. The van der Waals surface area contributed by atoms with Crippen molar-refractivity contribution in [3.8, 4) is 5.75 Å². The third kappa shape index (κ3) is 3.88. The van der Waals surface area contributed by atoms with E-state index in [4.69, 9.17) is 4.74 Å². The zero-order valence-electron chi connectivity index (χ0n) is 14.6. The van der Waals surface area contributed by atoms with Gasteiger partial charge in [0.25, 0.3) is 0 Å². The van der Waals surface area contributed by atoms with Gasteiger partial charge >= 0.3 is 0 Å². The van der Waals surface area contributed by atoms with E-state index in [1.54, 1.807) is 11.3 Å². The zero-order valence-corrected chi connectivity index (χ0v) is 15.4. The number of fused-ring (bicyclic) bond motifs is 2. The van der Waals surface area contributed by atoms with Crippen molar-refractivity contribution >= 4 is 27.5 Å². The fourth-order valence-corrected chi connectivity index (χ4v) is 4.36. The Hall–Kier alpha value is -2.40. The summed E-state index contributed by atoms with van der Waals surface area (Å²) >= 11 is 1.75. The minimum absolute atomic E-state index is 0.0664. The molecule has 0 radical (unpaired) electrons. The smallest absolute Gasteiger partial charge is 0.220 e. The Morgan fingerprint density at radius 2 is 2.00 bits per heavy atom. The molecule has 1 amide bonds. The van der Waals surface area contributed by atoms with E-state index in [2.05, 4.69) is 22.4 Å².